The number of nitrogens with zero attached hydrogens (tertiary/aromatic N) is 2. The van der Waals surface area contributed by atoms with Crippen molar-refractivity contribution in [3.63, 3.8) is 0 Å². The molecule has 4 rings (SSSR count). The topological polar surface area (TPSA) is 55.6 Å². The number of hydrogen-bond acceptors (Lipinski definition) is 3. The quantitative estimate of drug-likeness (QED) is 0.350. The maximum atomic E-state index is 12.1. The minimum atomic E-state index is -0.302. The van der Waals surface area contributed by atoms with E-state index in [1.807, 2.05) is 61.5 Å². The van der Waals surface area contributed by atoms with E-state index in [-0.39, 0.29) is 12.5 Å². The van der Waals surface area contributed by atoms with Gasteiger partial charge in [-0.15, -0.1) is 0 Å². The number of para-hydroxylation sites is 1. The third-order valence-electron chi connectivity index (χ3n) is 5.21. The maximum absolute atomic E-state index is 12.1. The Morgan fingerprint density at radius 3 is 2.58 bits per heavy atom. The van der Waals surface area contributed by atoms with Crippen molar-refractivity contribution >= 4 is 23.0 Å². The van der Waals surface area contributed by atoms with E-state index in [9.17, 15) is 4.79 Å². The number of amides is 1. The zero-order valence-electron chi connectivity index (χ0n) is 17.7. The van der Waals surface area contributed by atoms with E-state index >= 15 is 0 Å². The molecule has 4 aromatic rings. The molecule has 0 radical (unpaired) electrons. The van der Waals surface area contributed by atoms with Crippen molar-refractivity contribution in [3.05, 3.63) is 101 Å². The van der Waals surface area contributed by atoms with Crippen molar-refractivity contribution < 1.29 is 9.53 Å². The van der Waals surface area contributed by atoms with Gasteiger partial charge in [0, 0.05) is 28.7 Å². The number of aryl methyl sites for hydroxylation is 1. The molecule has 0 saturated carbocycles. The van der Waals surface area contributed by atoms with Gasteiger partial charge in [-0.2, -0.15) is 5.10 Å². The fourth-order valence-corrected chi connectivity index (χ4v) is 3.65. The minimum Gasteiger partial charge on any atom is -0.484 e. The van der Waals surface area contributed by atoms with Crippen LogP contribution in [-0.2, 0) is 11.3 Å². The van der Waals surface area contributed by atoms with Gasteiger partial charge in [0.25, 0.3) is 5.91 Å². The molecular formula is C26H25N3O2. The molecule has 31 heavy (non-hydrogen) atoms. The van der Waals surface area contributed by atoms with Crippen LogP contribution in [0.5, 0.6) is 5.75 Å². The molecular weight excluding hydrogens is 386 g/mol. The second-order valence-electron chi connectivity index (χ2n) is 7.49. The normalized spacial score (nSPS) is 11.2. The summed E-state index contributed by atoms with van der Waals surface area (Å²) in [7, 11) is 0. The third-order valence-corrected chi connectivity index (χ3v) is 5.21. The van der Waals surface area contributed by atoms with E-state index in [4.69, 9.17) is 4.74 Å². The van der Waals surface area contributed by atoms with Crippen LogP contribution in [0.25, 0.3) is 10.9 Å². The predicted molar refractivity (Wildman–Crippen MR) is 125 cm³/mol. The predicted octanol–water partition coefficient (Wildman–Crippen LogP) is 4.84. The maximum Gasteiger partial charge on any atom is 0.277 e. The summed E-state index contributed by atoms with van der Waals surface area (Å²) in [4.78, 5) is 12.1. The molecule has 1 aromatic heterocycles. The van der Waals surface area contributed by atoms with Crippen molar-refractivity contribution in [2.45, 2.75) is 20.4 Å². The largest absolute Gasteiger partial charge is 0.484 e. The van der Waals surface area contributed by atoms with Crippen molar-refractivity contribution in [3.8, 4) is 5.75 Å². The van der Waals surface area contributed by atoms with Crippen molar-refractivity contribution in [1.29, 1.82) is 0 Å². The molecule has 0 aliphatic carbocycles. The average Bonchev–Trinajstić information content (AvgIpc) is 3.04. The lowest BCUT2D eigenvalue weighted by Gasteiger charge is -2.08. The molecule has 1 heterocycles. The number of fused-ring (bicyclic) bond motifs is 1. The van der Waals surface area contributed by atoms with Gasteiger partial charge < -0.3 is 9.30 Å². The molecule has 0 unspecified atom stereocenters. The van der Waals surface area contributed by atoms with E-state index in [2.05, 4.69) is 46.3 Å². The number of carbonyl (C=O) groups excluding carboxylic acids is 1. The first-order valence-electron chi connectivity index (χ1n) is 10.2. The number of hydrogen-bond donors (Lipinski definition) is 1. The molecule has 5 nitrogen and oxygen atoms in total. The van der Waals surface area contributed by atoms with Crippen LogP contribution in [0, 0.1) is 13.8 Å². The zero-order chi connectivity index (χ0) is 21.6. The second kappa shape index (κ2) is 9.30. The fraction of sp³-hybridized carbons (Fsp3) is 0.154. The van der Waals surface area contributed by atoms with Crippen LogP contribution in [-0.4, -0.2) is 23.3 Å². The highest BCUT2D eigenvalue weighted by atomic mass is 16.5. The summed E-state index contributed by atoms with van der Waals surface area (Å²) in [5, 5.41) is 5.29. The third kappa shape index (κ3) is 4.83. The van der Waals surface area contributed by atoms with Gasteiger partial charge in [0.15, 0.2) is 6.61 Å². The highest BCUT2D eigenvalue weighted by molar-refractivity contribution is 6.01. The second-order valence-corrected chi connectivity index (χ2v) is 7.49. The molecule has 1 amide bonds. The van der Waals surface area contributed by atoms with E-state index < -0.39 is 0 Å². The molecule has 5 heteroatoms. The Balaban J connectivity index is 1.48. The van der Waals surface area contributed by atoms with Crippen LogP contribution in [0.2, 0.25) is 0 Å². The summed E-state index contributed by atoms with van der Waals surface area (Å²) in [6, 6.07) is 26.2. The number of nitrogens with one attached hydrogen (secondary N) is 1. The standard InChI is InChI=1S/C26H25N3O2/c1-19-9-8-12-22(15-19)31-18-26(30)28-27-16-24-20(2)29(17-21-10-4-3-5-11-21)25-14-7-6-13-23(24)25/h3-16H,17-18H2,1-2H3,(H,28,30)/b27-16+. The summed E-state index contributed by atoms with van der Waals surface area (Å²) < 4.78 is 7.80. The Hall–Kier alpha value is -3.86. The van der Waals surface area contributed by atoms with Gasteiger partial charge >= 0.3 is 0 Å². The summed E-state index contributed by atoms with van der Waals surface area (Å²) in [6.45, 7) is 4.74. The first-order valence-corrected chi connectivity index (χ1v) is 10.2. The zero-order valence-corrected chi connectivity index (χ0v) is 17.7. The van der Waals surface area contributed by atoms with Gasteiger partial charge in [0.05, 0.1) is 6.21 Å². The fourth-order valence-electron chi connectivity index (χ4n) is 3.65. The number of ether oxygens (including phenoxy) is 1. The molecule has 0 bridgehead atoms. The highest BCUT2D eigenvalue weighted by Gasteiger charge is 2.12. The highest BCUT2D eigenvalue weighted by Crippen LogP contribution is 2.25. The number of aromatic nitrogens is 1. The Morgan fingerprint density at radius 1 is 1.00 bits per heavy atom. The van der Waals surface area contributed by atoms with Gasteiger partial charge in [-0.1, -0.05) is 60.7 Å². The van der Waals surface area contributed by atoms with Gasteiger partial charge in [0.1, 0.15) is 5.75 Å². The van der Waals surface area contributed by atoms with Crippen LogP contribution in [0.15, 0.2) is 84.0 Å². The Kier molecular flexibility index (Phi) is 6.13. The first kappa shape index (κ1) is 20.4. The van der Waals surface area contributed by atoms with Gasteiger partial charge in [-0.3, -0.25) is 4.79 Å². The van der Waals surface area contributed by atoms with Crippen molar-refractivity contribution in [1.82, 2.24) is 9.99 Å². The lowest BCUT2D eigenvalue weighted by molar-refractivity contribution is -0.123. The molecule has 156 valence electrons. The molecule has 0 fully saturated rings. The smallest absolute Gasteiger partial charge is 0.277 e. The van der Waals surface area contributed by atoms with Gasteiger partial charge in [0.2, 0.25) is 0 Å². The average molecular weight is 412 g/mol. The summed E-state index contributed by atoms with van der Waals surface area (Å²) >= 11 is 0. The number of hydrazone groups is 1. The van der Waals surface area contributed by atoms with Crippen LogP contribution in [0.4, 0.5) is 0 Å². The van der Waals surface area contributed by atoms with E-state index in [0.717, 1.165) is 34.3 Å². The van der Waals surface area contributed by atoms with Gasteiger partial charge in [-0.05, 0) is 43.2 Å². The molecule has 0 aliphatic heterocycles. The number of carbonyl (C=O) groups is 1. The molecule has 1 N–H and O–H groups in total. The Labute approximate surface area is 182 Å². The summed E-state index contributed by atoms with van der Waals surface area (Å²) in [5.74, 6) is 0.363. The van der Waals surface area contributed by atoms with Gasteiger partial charge in [-0.25, -0.2) is 5.43 Å². The lowest BCUT2D eigenvalue weighted by atomic mass is 10.1. The lowest BCUT2D eigenvalue weighted by Crippen LogP contribution is -2.24. The molecule has 0 spiro atoms. The van der Waals surface area contributed by atoms with E-state index in [0.29, 0.717) is 5.75 Å². The Morgan fingerprint density at radius 2 is 1.77 bits per heavy atom. The van der Waals surface area contributed by atoms with E-state index in [1.165, 1.54) is 5.56 Å². The monoisotopic (exact) mass is 411 g/mol. The van der Waals surface area contributed by atoms with Crippen molar-refractivity contribution in [2.75, 3.05) is 6.61 Å². The minimum absolute atomic E-state index is 0.0878. The van der Waals surface area contributed by atoms with E-state index in [1.54, 1.807) is 6.21 Å². The number of rotatable bonds is 7. The number of benzene rings is 3. The summed E-state index contributed by atoms with van der Waals surface area (Å²) in [6.07, 6.45) is 1.71. The summed E-state index contributed by atoms with van der Waals surface area (Å²) in [5.41, 5.74) is 8.10. The SMILES string of the molecule is Cc1cccc(OCC(=O)N/N=C/c2c(C)n(Cc3ccccc3)c3ccccc23)c1. The van der Waals surface area contributed by atoms with Crippen LogP contribution < -0.4 is 10.2 Å². The van der Waals surface area contributed by atoms with Crippen LogP contribution >= 0.6 is 0 Å². The molecule has 0 aliphatic rings. The molecule has 3 aromatic carbocycles. The Bertz CT molecular complexity index is 1230. The van der Waals surface area contributed by atoms with Crippen LogP contribution in [0.1, 0.15) is 22.4 Å². The molecule has 0 saturated heterocycles. The molecule has 0 atom stereocenters. The van der Waals surface area contributed by atoms with Crippen LogP contribution in [0.3, 0.4) is 0 Å². The van der Waals surface area contributed by atoms with Crippen molar-refractivity contribution in [2.24, 2.45) is 5.10 Å². The first-order chi connectivity index (χ1) is 15.1.